The van der Waals surface area contributed by atoms with Crippen LogP contribution in [0.2, 0.25) is 0 Å². The second kappa shape index (κ2) is 7.36. The highest BCUT2D eigenvalue weighted by atomic mass is 16.6. The Morgan fingerprint density at radius 1 is 1.48 bits per heavy atom. The number of carbonyl (C=O) groups is 1. The number of aliphatic hydroxyl groups is 2. The molecule has 1 heterocycles. The molecule has 3 N–H and O–H groups in total. The van der Waals surface area contributed by atoms with E-state index >= 15 is 0 Å². The predicted molar refractivity (Wildman–Crippen MR) is 78.2 cm³/mol. The minimum atomic E-state index is -1.21. The first kappa shape index (κ1) is 17.1. The molecule has 9 heteroatoms. The normalized spacial score (nSPS) is 22.6. The molecule has 0 saturated carbocycles. The number of benzene rings is 1. The Balaban J connectivity index is 2.08. The molecule has 126 valence electrons. The van der Waals surface area contributed by atoms with Crippen molar-refractivity contribution in [1.29, 1.82) is 0 Å². The van der Waals surface area contributed by atoms with Gasteiger partial charge >= 0.3 is 6.09 Å². The fraction of sp³-hybridized carbons (Fsp3) is 0.500. The van der Waals surface area contributed by atoms with Crippen LogP contribution in [0.25, 0.3) is 0 Å². The van der Waals surface area contributed by atoms with Crippen LogP contribution in [0.5, 0.6) is 0 Å². The van der Waals surface area contributed by atoms with E-state index in [1.165, 1.54) is 18.2 Å². The number of nitro groups is 1. The van der Waals surface area contributed by atoms with Gasteiger partial charge in [-0.2, -0.15) is 0 Å². The van der Waals surface area contributed by atoms with Crippen LogP contribution < -0.4 is 0 Å². The molecule has 9 nitrogen and oxygen atoms in total. The molecule has 2 rings (SSSR count). The Morgan fingerprint density at radius 2 is 2.17 bits per heavy atom. The van der Waals surface area contributed by atoms with Crippen molar-refractivity contribution in [1.82, 2.24) is 4.90 Å². The van der Waals surface area contributed by atoms with Crippen molar-refractivity contribution in [3.05, 3.63) is 39.9 Å². The third kappa shape index (κ3) is 3.95. The lowest BCUT2D eigenvalue weighted by Gasteiger charge is -2.38. The second-order valence-electron chi connectivity index (χ2n) is 5.30. The lowest BCUT2D eigenvalue weighted by molar-refractivity contribution is -0.385. The van der Waals surface area contributed by atoms with E-state index in [2.05, 4.69) is 0 Å². The number of para-hydroxylation sites is 1. The highest BCUT2D eigenvalue weighted by Gasteiger charge is 2.35. The zero-order valence-electron chi connectivity index (χ0n) is 12.2. The topological polar surface area (TPSA) is 133 Å². The Labute approximate surface area is 131 Å². The number of hydrogen-bond acceptors (Lipinski definition) is 6. The van der Waals surface area contributed by atoms with Gasteiger partial charge in [0.2, 0.25) is 0 Å². The fourth-order valence-corrected chi connectivity index (χ4v) is 2.56. The van der Waals surface area contributed by atoms with Crippen LogP contribution in [0.15, 0.2) is 24.3 Å². The minimum absolute atomic E-state index is 0.0287. The number of carboxylic acid groups (broad SMARTS) is 1. The zero-order chi connectivity index (χ0) is 17.0. The van der Waals surface area contributed by atoms with Crippen molar-refractivity contribution in [3.63, 3.8) is 0 Å². The number of nitrogens with zero attached hydrogens (tertiary/aromatic N) is 2. The van der Waals surface area contributed by atoms with Gasteiger partial charge in [-0.3, -0.25) is 15.0 Å². The van der Waals surface area contributed by atoms with Gasteiger partial charge in [0.1, 0.15) is 6.10 Å². The Morgan fingerprint density at radius 3 is 2.78 bits per heavy atom. The molecule has 3 atom stereocenters. The first-order chi connectivity index (χ1) is 10.9. The third-order valence-corrected chi connectivity index (χ3v) is 3.82. The van der Waals surface area contributed by atoms with Gasteiger partial charge in [-0.05, 0) is 0 Å². The maximum atomic E-state index is 11.2. The summed E-state index contributed by atoms with van der Waals surface area (Å²) in [5.74, 6) is 0. The molecule has 23 heavy (non-hydrogen) atoms. The molecule has 1 aliphatic heterocycles. The first-order valence-corrected chi connectivity index (χ1v) is 7.06. The number of rotatable bonds is 5. The summed E-state index contributed by atoms with van der Waals surface area (Å²) in [7, 11) is 0. The summed E-state index contributed by atoms with van der Waals surface area (Å²) in [6.45, 7) is -0.525. The maximum Gasteiger partial charge on any atom is 0.407 e. The van der Waals surface area contributed by atoms with Crippen molar-refractivity contribution in [2.75, 3.05) is 19.8 Å². The number of ether oxygens (including phenoxy) is 1. The van der Waals surface area contributed by atoms with Crippen LogP contribution >= 0.6 is 0 Å². The van der Waals surface area contributed by atoms with Crippen molar-refractivity contribution in [3.8, 4) is 0 Å². The minimum Gasteiger partial charge on any atom is -0.465 e. The van der Waals surface area contributed by atoms with Crippen LogP contribution in [0.4, 0.5) is 10.5 Å². The molecule has 0 spiro atoms. The number of aliphatic hydroxyl groups excluding tert-OH is 2. The zero-order valence-corrected chi connectivity index (χ0v) is 12.2. The standard InChI is InChI=1S/C14H18N2O7/c17-7-10-8-23-13(6-15(10)14(19)20)12(18)5-9-3-1-2-4-11(9)16(21)22/h1-4,10,12-13,17-18H,5-8H2,(H,19,20)/t10-,12?,13+/m1/s1. The lowest BCUT2D eigenvalue weighted by Crippen LogP contribution is -2.56. The summed E-state index contributed by atoms with van der Waals surface area (Å²) in [5.41, 5.74) is 0.241. The molecule has 1 unspecified atom stereocenters. The third-order valence-electron chi connectivity index (χ3n) is 3.82. The van der Waals surface area contributed by atoms with E-state index in [1.54, 1.807) is 6.07 Å². The summed E-state index contributed by atoms with van der Waals surface area (Å²) in [4.78, 5) is 22.6. The summed E-state index contributed by atoms with van der Waals surface area (Å²) in [5, 5.41) is 39.5. The molecule has 0 radical (unpaired) electrons. The summed E-state index contributed by atoms with van der Waals surface area (Å²) < 4.78 is 5.41. The summed E-state index contributed by atoms with van der Waals surface area (Å²) in [6.07, 6.45) is -3.15. The fourth-order valence-electron chi connectivity index (χ4n) is 2.56. The van der Waals surface area contributed by atoms with Gasteiger partial charge in [0.15, 0.2) is 0 Å². The molecule has 0 aromatic heterocycles. The van der Waals surface area contributed by atoms with Crippen molar-refractivity contribution in [2.45, 2.75) is 24.7 Å². The molecule has 1 amide bonds. The number of amides is 1. The van der Waals surface area contributed by atoms with Crippen LogP contribution in [0.3, 0.4) is 0 Å². The number of morpholine rings is 1. The van der Waals surface area contributed by atoms with Crippen LogP contribution in [-0.2, 0) is 11.2 Å². The second-order valence-corrected chi connectivity index (χ2v) is 5.30. The van der Waals surface area contributed by atoms with Crippen LogP contribution in [-0.4, -0.2) is 69.2 Å². The molecule has 1 aliphatic rings. The lowest BCUT2D eigenvalue weighted by atomic mass is 10.0. The van der Waals surface area contributed by atoms with E-state index in [4.69, 9.17) is 14.9 Å². The van der Waals surface area contributed by atoms with E-state index in [-0.39, 0.29) is 31.9 Å². The van der Waals surface area contributed by atoms with Crippen molar-refractivity contribution in [2.24, 2.45) is 0 Å². The van der Waals surface area contributed by atoms with E-state index in [1.807, 2.05) is 0 Å². The van der Waals surface area contributed by atoms with Gasteiger partial charge in [0, 0.05) is 18.1 Å². The maximum absolute atomic E-state index is 11.2. The molecular weight excluding hydrogens is 308 g/mol. The van der Waals surface area contributed by atoms with Gasteiger partial charge < -0.3 is 20.1 Å². The van der Waals surface area contributed by atoms with Crippen LogP contribution in [0, 0.1) is 10.1 Å². The summed E-state index contributed by atoms with van der Waals surface area (Å²) >= 11 is 0. The Bertz CT molecular complexity index is 580. The predicted octanol–water partition coefficient (Wildman–Crippen LogP) is 0.238. The smallest absolute Gasteiger partial charge is 0.407 e. The van der Waals surface area contributed by atoms with E-state index in [9.17, 15) is 20.0 Å². The van der Waals surface area contributed by atoms with Crippen LogP contribution in [0.1, 0.15) is 5.56 Å². The van der Waals surface area contributed by atoms with Crippen molar-refractivity contribution < 1.29 is 29.8 Å². The molecule has 1 aromatic rings. The van der Waals surface area contributed by atoms with E-state index < -0.39 is 29.3 Å². The van der Waals surface area contributed by atoms with E-state index in [0.717, 1.165) is 4.90 Å². The molecule has 1 saturated heterocycles. The largest absolute Gasteiger partial charge is 0.465 e. The monoisotopic (exact) mass is 326 g/mol. The first-order valence-electron chi connectivity index (χ1n) is 7.06. The molecule has 1 aromatic carbocycles. The molecular formula is C14H18N2O7. The SMILES string of the molecule is O=C(O)N1C[C@@H](C(O)Cc2ccccc2[N+](=O)[O-])OC[C@H]1CO. The highest BCUT2D eigenvalue weighted by Crippen LogP contribution is 2.22. The highest BCUT2D eigenvalue weighted by molar-refractivity contribution is 5.65. The van der Waals surface area contributed by atoms with Gasteiger partial charge in [-0.1, -0.05) is 18.2 Å². The van der Waals surface area contributed by atoms with Gasteiger partial charge in [0.05, 0.1) is 36.8 Å². The number of hydrogen-bond donors (Lipinski definition) is 3. The van der Waals surface area contributed by atoms with E-state index in [0.29, 0.717) is 5.56 Å². The Hall–Kier alpha value is -2.23. The average Bonchev–Trinajstić information content (AvgIpc) is 2.54. The average molecular weight is 326 g/mol. The van der Waals surface area contributed by atoms with Gasteiger partial charge in [-0.25, -0.2) is 4.79 Å². The number of nitro benzene ring substituents is 1. The molecule has 0 aliphatic carbocycles. The molecule has 1 fully saturated rings. The Kier molecular flexibility index (Phi) is 5.48. The summed E-state index contributed by atoms with van der Waals surface area (Å²) in [6, 6.07) is 5.36. The molecule has 0 bridgehead atoms. The van der Waals surface area contributed by atoms with Crippen molar-refractivity contribution >= 4 is 11.8 Å². The van der Waals surface area contributed by atoms with Gasteiger partial charge in [0.25, 0.3) is 5.69 Å². The van der Waals surface area contributed by atoms with Gasteiger partial charge in [-0.15, -0.1) is 0 Å². The quantitative estimate of drug-likeness (QED) is 0.521.